The second-order valence-corrected chi connectivity index (χ2v) is 6.41. The van der Waals surface area contributed by atoms with Gasteiger partial charge in [-0.2, -0.15) is 0 Å². The Morgan fingerprint density at radius 3 is 2.14 bits per heavy atom. The number of ketones is 1. The van der Waals surface area contributed by atoms with Gasteiger partial charge in [0.05, 0.1) is 0 Å². The molecule has 2 amide bonds. The molecule has 0 unspecified atom stereocenters. The van der Waals surface area contributed by atoms with Crippen LogP contribution in [0.4, 0.5) is 22.7 Å². The summed E-state index contributed by atoms with van der Waals surface area (Å²) in [6.07, 6.45) is 1.53. The lowest BCUT2D eigenvalue weighted by Gasteiger charge is -2.10. The van der Waals surface area contributed by atoms with Crippen LogP contribution in [-0.4, -0.2) is 22.6 Å². The predicted molar refractivity (Wildman–Crippen MR) is 113 cm³/mol. The van der Waals surface area contributed by atoms with Gasteiger partial charge in [-0.25, -0.2) is 0 Å². The van der Waals surface area contributed by atoms with Crippen LogP contribution in [-0.2, 0) is 4.79 Å². The molecule has 7 nitrogen and oxygen atoms in total. The van der Waals surface area contributed by atoms with E-state index in [1.54, 1.807) is 54.6 Å². The van der Waals surface area contributed by atoms with Crippen molar-refractivity contribution in [2.24, 2.45) is 0 Å². The number of hydrogen-bond acceptors (Lipinski definition) is 5. The zero-order chi connectivity index (χ0) is 20.8. The number of pyridine rings is 1. The van der Waals surface area contributed by atoms with Crippen LogP contribution in [0.5, 0.6) is 0 Å². The molecule has 2 aromatic carbocycles. The van der Waals surface area contributed by atoms with Crippen LogP contribution in [0.1, 0.15) is 34.7 Å². The molecule has 3 rings (SSSR count). The van der Waals surface area contributed by atoms with Crippen molar-refractivity contribution in [3.63, 3.8) is 0 Å². The highest BCUT2D eigenvalue weighted by Crippen LogP contribution is 2.20. The van der Waals surface area contributed by atoms with Gasteiger partial charge in [-0.15, -0.1) is 0 Å². The van der Waals surface area contributed by atoms with Crippen molar-refractivity contribution in [2.45, 2.75) is 13.8 Å². The van der Waals surface area contributed by atoms with Crippen LogP contribution >= 0.6 is 0 Å². The molecule has 146 valence electrons. The molecule has 29 heavy (non-hydrogen) atoms. The van der Waals surface area contributed by atoms with E-state index >= 15 is 0 Å². The lowest BCUT2D eigenvalue weighted by atomic mass is 10.1. The van der Waals surface area contributed by atoms with Crippen LogP contribution in [0.25, 0.3) is 0 Å². The summed E-state index contributed by atoms with van der Waals surface area (Å²) < 4.78 is 0. The number of aromatic nitrogens is 1. The van der Waals surface area contributed by atoms with Gasteiger partial charge in [-0.1, -0.05) is 18.2 Å². The van der Waals surface area contributed by atoms with Crippen LogP contribution in [0.3, 0.4) is 0 Å². The number of carbonyl (C=O) groups excluding carboxylic acids is 3. The van der Waals surface area contributed by atoms with Gasteiger partial charge >= 0.3 is 0 Å². The summed E-state index contributed by atoms with van der Waals surface area (Å²) in [4.78, 5) is 39.4. The molecule has 0 fully saturated rings. The first-order valence-corrected chi connectivity index (χ1v) is 8.94. The minimum atomic E-state index is -0.383. The van der Waals surface area contributed by atoms with Gasteiger partial charge in [-0.3, -0.25) is 19.4 Å². The van der Waals surface area contributed by atoms with Crippen LogP contribution in [0.2, 0.25) is 0 Å². The van der Waals surface area contributed by atoms with Crippen molar-refractivity contribution in [3.8, 4) is 0 Å². The third-order valence-corrected chi connectivity index (χ3v) is 3.99. The Labute approximate surface area is 168 Å². The van der Waals surface area contributed by atoms with E-state index in [9.17, 15) is 14.4 Å². The van der Waals surface area contributed by atoms with E-state index in [2.05, 4.69) is 20.9 Å². The average Bonchev–Trinajstić information content (AvgIpc) is 2.68. The molecule has 0 spiro atoms. The molecule has 0 aliphatic carbocycles. The number of hydrogen-bond donors (Lipinski definition) is 3. The number of benzene rings is 2. The normalized spacial score (nSPS) is 10.1. The molecule has 1 aromatic heterocycles. The van der Waals surface area contributed by atoms with Crippen LogP contribution in [0, 0.1) is 0 Å². The van der Waals surface area contributed by atoms with Gasteiger partial charge in [-0.05, 0) is 49.4 Å². The fourth-order valence-corrected chi connectivity index (χ4v) is 2.69. The summed E-state index contributed by atoms with van der Waals surface area (Å²) in [5.41, 5.74) is 3.35. The summed E-state index contributed by atoms with van der Waals surface area (Å²) in [5.74, 6) is -0.598. The lowest BCUT2D eigenvalue weighted by molar-refractivity contribution is -0.114. The number of amides is 2. The topological polar surface area (TPSA) is 100 Å². The molecular weight excluding hydrogens is 368 g/mol. The van der Waals surface area contributed by atoms with Crippen molar-refractivity contribution in [3.05, 3.63) is 78.1 Å². The first-order chi connectivity index (χ1) is 13.9. The van der Waals surface area contributed by atoms with Gasteiger partial charge in [0, 0.05) is 41.4 Å². The minimum Gasteiger partial charge on any atom is -0.355 e. The third-order valence-electron chi connectivity index (χ3n) is 3.99. The lowest BCUT2D eigenvalue weighted by Crippen LogP contribution is -2.14. The number of Topliss-reactive ketones (excluding diaryl/α,β-unsaturated/α-hetero) is 1. The Hall–Kier alpha value is -4.00. The summed E-state index contributed by atoms with van der Waals surface area (Å²) >= 11 is 0. The molecule has 0 aliphatic rings. The SMILES string of the molecule is CC(=O)Nc1cccc(NC(=O)c2cc(Nc3cccc(C(C)=O)c3)ccn2)c1. The average molecular weight is 388 g/mol. The number of anilines is 4. The fourth-order valence-electron chi connectivity index (χ4n) is 2.69. The molecule has 1 heterocycles. The second-order valence-electron chi connectivity index (χ2n) is 6.41. The van der Waals surface area contributed by atoms with Gasteiger partial charge in [0.2, 0.25) is 5.91 Å². The van der Waals surface area contributed by atoms with Crippen LogP contribution in [0.15, 0.2) is 66.9 Å². The minimum absolute atomic E-state index is 0.0232. The summed E-state index contributed by atoms with van der Waals surface area (Å²) in [7, 11) is 0. The maximum atomic E-state index is 12.6. The summed E-state index contributed by atoms with van der Waals surface area (Å²) in [6.45, 7) is 2.93. The quantitative estimate of drug-likeness (QED) is 0.549. The van der Waals surface area contributed by atoms with E-state index < -0.39 is 0 Å². The molecule has 0 aliphatic heterocycles. The molecule has 0 saturated carbocycles. The maximum absolute atomic E-state index is 12.6. The predicted octanol–water partition coefficient (Wildman–Crippen LogP) is 4.24. The first kappa shape index (κ1) is 19.8. The van der Waals surface area contributed by atoms with E-state index in [-0.39, 0.29) is 23.3 Å². The van der Waals surface area contributed by atoms with E-state index in [1.165, 1.54) is 20.0 Å². The molecule has 0 bridgehead atoms. The summed E-state index contributed by atoms with van der Waals surface area (Å²) in [6, 6.07) is 17.3. The highest BCUT2D eigenvalue weighted by molar-refractivity contribution is 6.04. The van der Waals surface area contributed by atoms with Crippen molar-refractivity contribution in [2.75, 3.05) is 16.0 Å². The largest absolute Gasteiger partial charge is 0.355 e. The zero-order valence-electron chi connectivity index (χ0n) is 16.0. The Morgan fingerprint density at radius 1 is 0.759 bits per heavy atom. The molecule has 3 aromatic rings. The molecule has 7 heteroatoms. The van der Waals surface area contributed by atoms with Crippen molar-refractivity contribution >= 4 is 40.3 Å². The van der Waals surface area contributed by atoms with Gasteiger partial charge in [0.15, 0.2) is 5.78 Å². The monoisotopic (exact) mass is 388 g/mol. The standard InChI is InChI=1S/C22H20N4O3/c1-14(27)16-5-3-6-17(11-16)25-20-9-10-23-21(13-20)22(29)26-19-8-4-7-18(12-19)24-15(2)28/h3-13H,1-2H3,(H,23,25)(H,24,28)(H,26,29). The number of carbonyl (C=O) groups is 3. The third kappa shape index (κ3) is 5.49. The molecule has 3 N–H and O–H groups in total. The van der Waals surface area contributed by atoms with Crippen molar-refractivity contribution in [1.29, 1.82) is 0 Å². The Balaban J connectivity index is 1.73. The van der Waals surface area contributed by atoms with E-state index in [0.29, 0.717) is 22.6 Å². The molecule has 0 saturated heterocycles. The van der Waals surface area contributed by atoms with Crippen molar-refractivity contribution in [1.82, 2.24) is 4.98 Å². The smallest absolute Gasteiger partial charge is 0.274 e. The first-order valence-electron chi connectivity index (χ1n) is 8.94. The highest BCUT2D eigenvalue weighted by Gasteiger charge is 2.10. The Bertz CT molecular complexity index is 1080. The second kappa shape index (κ2) is 8.79. The van der Waals surface area contributed by atoms with Crippen LogP contribution < -0.4 is 16.0 Å². The van der Waals surface area contributed by atoms with E-state index in [0.717, 1.165) is 5.69 Å². The molecular formula is C22H20N4O3. The Kier molecular flexibility index (Phi) is 5.99. The number of nitrogens with one attached hydrogen (secondary N) is 3. The maximum Gasteiger partial charge on any atom is 0.274 e. The van der Waals surface area contributed by atoms with E-state index in [4.69, 9.17) is 0 Å². The zero-order valence-corrected chi connectivity index (χ0v) is 16.0. The Morgan fingerprint density at radius 2 is 1.41 bits per heavy atom. The molecule has 0 radical (unpaired) electrons. The number of rotatable bonds is 6. The number of nitrogens with zero attached hydrogens (tertiary/aromatic N) is 1. The van der Waals surface area contributed by atoms with Gasteiger partial charge in [0.1, 0.15) is 5.69 Å². The molecule has 0 atom stereocenters. The van der Waals surface area contributed by atoms with Crippen molar-refractivity contribution < 1.29 is 14.4 Å². The fraction of sp³-hybridized carbons (Fsp3) is 0.0909. The summed E-state index contributed by atoms with van der Waals surface area (Å²) in [5, 5.41) is 8.60. The van der Waals surface area contributed by atoms with Gasteiger partial charge in [0.25, 0.3) is 5.91 Å². The van der Waals surface area contributed by atoms with Gasteiger partial charge < -0.3 is 16.0 Å². The van der Waals surface area contributed by atoms with E-state index in [1.807, 2.05) is 6.07 Å². The highest BCUT2D eigenvalue weighted by atomic mass is 16.2.